The molecule has 1 fully saturated rings. The zero-order valence-corrected chi connectivity index (χ0v) is 16.9. The summed E-state index contributed by atoms with van der Waals surface area (Å²) in [7, 11) is 0. The predicted octanol–water partition coefficient (Wildman–Crippen LogP) is 2.77. The van der Waals surface area contributed by atoms with E-state index in [2.05, 4.69) is 46.3 Å². The van der Waals surface area contributed by atoms with Gasteiger partial charge in [0, 0.05) is 31.9 Å². The molecule has 1 aliphatic rings. The zero-order chi connectivity index (χ0) is 20.0. The summed E-state index contributed by atoms with van der Waals surface area (Å²) in [5.74, 6) is 0.406. The maximum Gasteiger partial charge on any atom is 0.275 e. The highest BCUT2D eigenvalue weighted by molar-refractivity contribution is 6.03. The summed E-state index contributed by atoms with van der Waals surface area (Å²) in [6, 6.07) is 7.84. The van der Waals surface area contributed by atoms with Crippen LogP contribution in [0.4, 0.5) is 11.5 Å². The average molecular weight is 383 g/mol. The third kappa shape index (κ3) is 5.50. The number of benzene rings is 1. The second-order valence-corrected chi connectivity index (χ2v) is 7.92. The monoisotopic (exact) mass is 383 g/mol. The highest BCUT2D eigenvalue weighted by Crippen LogP contribution is 2.29. The molecular weight excluding hydrogens is 354 g/mol. The lowest BCUT2D eigenvalue weighted by molar-refractivity contribution is 0.0398. The molecule has 0 saturated carbocycles. The molecule has 1 aromatic heterocycles. The summed E-state index contributed by atoms with van der Waals surface area (Å²) in [6.45, 7) is 11.6. The van der Waals surface area contributed by atoms with Crippen LogP contribution in [0, 0.1) is 0 Å². The number of carbonyl (C=O) groups is 1. The molecule has 28 heavy (non-hydrogen) atoms. The van der Waals surface area contributed by atoms with Crippen LogP contribution in [0.1, 0.15) is 36.8 Å². The number of aromatic nitrogens is 2. The highest BCUT2D eigenvalue weighted by atomic mass is 16.5. The van der Waals surface area contributed by atoms with Gasteiger partial charge in [-0.1, -0.05) is 39.0 Å². The van der Waals surface area contributed by atoms with Crippen LogP contribution in [-0.4, -0.2) is 60.2 Å². The largest absolute Gasteiger partial charge is 0.379 e. The molecule has 3 rings (SSSR count). The van der Waals surface area contributed by atoms with Crippen molar-refractivity contribution in [2.45, 2.75) is 26.2 Å². The summed E-state index contributed by atoms with van der Waals surface area (Å²) >= 11 is 0. The molecule has 7 heteroatoms. The number of ether oxygens (including phenoxy) is 1. The number of hydrogen-bond donors (Lipinski definition) is 2. The summed E-state index contributed by atoms with van der Waals surface area (Å²) in [6.07, 6.45) is 3.11. The van der Waals surface area contributed by atoms with Crippen molar-refractivity contribution in [2.24, 2.45) is 0 Å². The Hall–Kier alpha value is -2.51. The first kappa shape index (κ1) is 20.2. The molecule has 1 aliphatic heterocycles. The van der Waals surface area contributed by atoms with Gasteiger partial charge < -0.3 is 15.4 Å². The molecule has 2 heterocycles. The van der Waals surface area contributed by atoms with Crippen molar-refractivity contribution >= 4 is 17.4 Å². The lowest BCUT2D eigenvalue weighted by Gasteiger charge is -2.26. The number of nitrogens with one attached hydrogen (secondary N) is 2. The maximum absolute atomic E-state index is 12.6. The summed E-state index contributed by atoms with van der Waals surface area (Å²) < 4.78 is 5.35. The lowest BCUT2D eigenvalue weighted by atomic mass is 9.86. The smallest absolute Gasteiger partial charge is 0.275 e. The van der Waals surface area contributed by atoms with Crippen LogP contribution < -0.4 is 10.6 Å². The number of nitrogens with zero attached hydrogens (tertiary/aromatic N) is 3. The SMILES string of the molecule is CC(C)(C)c1ccccc1NC(=O)c1cnc(NCCN2CCOCC2)cn1. The molecule has 1 saturated heterocycles. The van der Waals surface area contributed by atoms with E-state index in [4.69, 9.17) is 4.74 Å². The van der Waals surface area contributed by atoms with Crippen molar-refractivity contribution in [1.82, 2.24) is 14.9 Å². The number of rotatable bonds is 6. The van der Waals surface area contributed by atoms with Gasteiger partial charge in [-0.15, -0.1) is 0 Å². The molecule has 0 unspecified atom stereocenters. The van der Waals surface area contributed by atoms with Crippen molar-refractivity contribution in [2.75, 3.05) is 50.0 Å². The predicted molar refractivity (Wildman–Crippen MR) is 111 cm³/mol. The van der Waals surface area contributed by atoms with E-state index in [1.165, 1.54) is 6.20 Å². The van der Waals surface area contributed by atoms with Crippen LogP contribution in [0.5, 0.6) is 0 Å². The van der Waals surface area contributed by atoms with Crippen LogP contribution in [0.3, 0.4) is 0 Å². The second kappa shape index (κ2) is 9.12. The van der Waals surface area contributed by atoms with Crippen molar-refractivity contribution in [1.29, 1.82) is 0 Å². The van der Waals surface area contributed by atoms with Gasteiger partial charge in [0.25, 0.3) is 5.91 Å². The van der Waals surface area contributed by atoms with Gasteiger partial charge in [0.1, 0.15) is 11.5 Å². The summed E-state index contributed by atoms with van der Waals surface area (Å²) in [5, 5.41) is 6.21. The zero-order valence-electron chi connectivity index (χ0n) is 16.9. The number of anilines is 2. The van der Waals surface area contributed by atoms with E-state index in [0.29, 0.717) is 11.5 Å². The van der Waals surface area contributed by atoms with E-state index in [9.17, 15) is 4.79 Å². The van der Waals surface area contributed by atoms with Gasteiger partial charge >= 0.3 is 0 Å². The van der Waals surface area contributed by atoms with Gasteiger partial charge in [0.05, 0.1) is 25.6 Å². The molecule has 0 aliphatic carbocycles. The Kier molecular flexibility index (Phi) is 6.59. The fraction of sp³-hybridized carbons (Fsp3) is 0.476. The molecule has 0 spiro atoms. The maximum atomic E-state index is 12.6. The number of carbonyl (C=O) groups excluding carboxylic acids is 1. The van der Waals surface area contributed by atoms with Crippen molar-refractivity contribution < 1.29 is 9.53 Å². The van der Waals surface area contributed by atoms with Crippen LogP contribution in [0.15, 0.2) is 36.7 Å². The van der Waals surface area contributed by atoms with Gasteiger partial charge in [0.15, 0.2) is 0 Å². The molecule has 0 atom stereocenters. The van der Waals surface area contributed by atoms with Gasteiger partial charge in [-0.3, -0.25) is 9.69 Å². The molecule has 2 N–H and O–H groups in total. The fourth-order valence-electron chi connectivity index (χ4n) is 3.14. The topological polar surface area (TPSA) is 79.4 Å². The Bertz CT molecular complexity index is 780. The van der Waals surface area contributed by atoms with E-state index in [-0.39, 0.29) is 11.3 Å². The Morgan fingerprint density at radius 3 is 2.57 bits per heavy atom. The summed E-state index contributed by atoms with van der Waals surface area (Å²) in [5.41, 5.74) is 2.11. The van der Waals surface area contributed by atoms with E-state index in [1.807, 2.05) is 24.3 Å². The Morgan fingerprint density at radius 2 is 1.89 bits per heavy atom. The lowest BCUT2D eigenvalue weighted by Crippen LogP contribution is -2.39. The third-order valence-corrected chi connectivity index (χ3v) is 4.71. The average Bonchev–Trinajstić information content (AvgIpc) is 2.69. The third-order valence-electron chi connectivity index (χ3n) is 4.71. The molecule has 7 nitrogen and oxygen atoms in total. The van der Waals surface area contributed by atoms with Crippen LogP contribution in [-0.2, 0) is 10.2 Å². The number of amides is 1. The molecule has 2 aromatic rings. The number of para-hydroxylation sites is 1. The highest BCUT2D eigenvalue weighted by Gasteiger charge is 2.19. The van der Waals surface area contributed by atoms with E-state index < -0.39 is 0 Å². The Labute approximate surface area is 166 Å². The molecule has 1 aromatic carbocycles. The standard InChI is InChI=1S/C21H29N5O2/c1-21(2,3)16-6-4-5-7-17(16)25-20(27)18-14-24-19(15-23-18)22-8-9-26-10-12-28-13-11-26/h4-7,14-15H,8-13H2,1-3H3,(H,22,24)(H,25,27). The molecule has 1 amide bonds. The van der Waals surface area contributed by atoms with Gasteiger partial charge in [-0.05, 0) is 17.0 Å². The van der Waals surface area contributed by atoms with E-state index in [1.54, 1.807) is 6.20 Å². The quantitative estimate of drug-likeness (QED) is 0.799. The van der Waals surface area contributed by atoms with Crippen molar-refractivity contribution in [3.63, 3.8) is 0 Å². The van der Waals surface area contributed by atoms with Crippen LogP contribution in [0.2, 0.25) is 0 Å². The molecule has 150 valence electrons. The fourth-order valence-corrected chi connectivity index (χ4v) is 3.14. The minimum absolute atomic E-state index is 0.0657. The van der Waals surface area contributed by atoms with Crippen molar-refractivity contribution in [3.8, 4) is 0 Å². The second-order valence-electron chi connectivity index (χ2n) is 7.92. The molecule has 0 radical (unpaired) electrons. The Balaban J connectivity index is 1.55. The van der Waals surface area contributed by atoms with Gasteiger partial charge in [-0.2, -0.15) is 0 Å². The van der Waals surface area contributed by atoms with Crippen LogP contribution in [0.25, 0.3) is 0 Å². The summed E-state index contributed by atoms with van der Waals surface area (Å²) in [4.78, 5) is 23.5. The van der Waals surface area contributed by atoms with E-state index >= 15 is 0 Å². The number of hydrogen-bond acceptors (Lipinski definition) is 6. The molecule has 0 bridgehead atoms. The van der Waals surface area contributed by atoms with Gasteiger partial charge in [0.2, 0.25) is 0 Å². The number of morpholine rings is 1. The Morgan fingerprint density at radius 1 is 1.14 bits per heavy atom. The van der Waals surface area contributed by atoms with Crippen LogP contribution >= 0.6 is 0 Å². The normalized spacial score (nSPS) is 15.2. The van der Waals surface area contributed by atoms with E-state index in [0.717, 1.165) is 50.6 Å². The first-order chi connectivity index (χ1) is 13.4. The minimum Gasteiger partial charge on any atom is -0.379 e. The first-order valence-electron chi connectivity index (χ1n) is 9.70. The minimum atomic E-state index is -0.260. The van der Waals surface area contributed by atoms with Gasteiger partial charge in [-0.25, -0.2) is 9.97 Å². The first-order valence-corrected chi connectivity index (χ1v) is 9.70. The molecular formula is C21H29N5O2. The van der Waals surface area contributed by atoms with Crippen molar-refractivity contribution in [3.05, 3.63) is 47.9 Å².